The third-order valence-corrected chi connectivity index (χ3v) is 4.97. The number of hydrogen-bond acceptors (Lipinski definition) is 4. The smallest absolute Gasteiger partial charge is 0.310 e. The molecular weight excluding hydrogens is 354 g/mol. The second-order valence-electron chi connectivity index (χ2n) is 7.04. The fraction of sp³-hybridized carbons (Fsp3) is 0.304. The lowest BCUT2D eigenvalue weighted by atomic mass is 10.0. The van der Waals surface area contributed by atoms with Crippen molar-refractivity contribution >= 4 is 28.5 Å². The summed E-state index contributed by atoms with van der Waals surface area (Å²) in [6, 6.07) is 9.84. The number of furan rings is 1. The van der Waals surface area contributed by atoms with Gasteiger partial charge in [0.2, 0.25) is 0 Å². The molecule has 0 saturated carbocycles. The van der Waals surface area contributed by atoms with Gasteiger partial charge < -0.3 is 14.5 Å². The molecule has 1 amide bonds. The lowest BCUT2D eigenvalue weighted by molar-refractivity contribution is -0.146. The van der Waals surface area contributed by atoms with Crippen molar-refractivity contribution in [3.05, 3.63) is 64.4 Å². The average Bonchev–Trinajstić information content (AvgIpc) is 3.03. The van der Waals surface area contributed by atoms with E-state index in [0.29, 0.717) is 0 Å². The first-order chi connectivity index (χ1) is 13.4. The Hall–Kier alpha value is -3.08. The van der Waals surface area contributed by atoms with Gasteiger partial charge in [-0.25, -0.2) is 0 Å². The zero-order valence-corrected chi connectivity index (χ0v) is 16.7. The number of hydrogen-bond donors (Lipinski definition) is 1. The normalized spacial score (nSPS) is 10.9. The van der Waals surface area contributed by atoms with Gasteiger partial charge in [0.05, 0.1) is 12.7 Å². The van der Waals surface area contributed by atoms with E-state index in [1.54, 1.807) is 6.26 Å². The Morgan fingerprint density at radius 1 is 1.04 bits per heavy atom. The summed E-state index contributed by atoms with van der Waals surface area (Å²) in [6.45, 7) is 7.69. The summed E-state index contributed by atoms with van der Waals surface area (Å²) in [6.07, 6.45) is 2.45. The molecule has 0 atom stereocenters. The highest BCUT2D eigenvalue weighted by atomic mass is 16.5. The molecule has 3 aromatic rings. The Morgan fingerprint density at radius 2 is 1.79 bits per heavy atom. The van der Waals surface area contributed by atoms with Crippen molar-refractivity contribution in [2.24, 2.45) is 0 Å². The van der Waals surface area contributed by atoms with Crippen LogP contribution in [0.1, 0.15) is 34.7 Å². The molecule has 0 aliphatic carbocycles. The lowest BCUT2D eigenvalue weighted by Crippen LogP contribution is -2.22. The molecule has 0 radical (unpaired) electrons. The highest BCUT2D eigenvalue weighted by Crippen LogP contribution is 2.25. The Bertz CT molecular complexity index is 1030. The second kappa shape index (κ2) is 8.30. The molecule has 146 valence electrons. The Labute approximate surface area is 164 Å². The Morgan fingerprint density at radius 3 is 2.54 bits per heavy atom. The van der Waals surface area contributed by atoms with E-state index in [1.165, 1.54) is 0 Å². The van der Waals surface area contributed by atoms with Gasteiger partial charge in [-0.05, 0) is 61.6 Å². The molecule has 2 aromatic carbocycles. The summed E-state index contributed by atoms with van der Waals surface area (Å²) in [4.78, 5) is 24.4. The SMILES string of the molecule is CCc1cccc(C)c1NC(=O)COC(=O)Cc1coc2cc(C)c(C)cc12. The van der Waals surface area contributed by atoms with Gasteiger partial charge in [-0.1, -0.05) is 25.1 Å². The number of esters is 1. The van der Waals surface area contributed by atoms with Gasteiger partial charge in [0.25, 0.3) is 5.91 Å². The molecule has 28 heavy (non-hydrogen) atoms. The van der Waals surface area contributed by atoms with Crippen LogP contribution in [0.25, 0.3) is 11.0 Å². The molecule has 0 bridgehead atoms. The molecule has 1 aromatic heterocycles. The number of aryl methyl sites for hydroxylation is 4. The van der Waals surface area contributed by atoms with Crippen molar-refractivity contribution in [2.45, 2.75) is 40.5 Å². The quantitative estimate of drug-likeness (QED) is 0.633. The molecule has 0 saturated heterocycles. The summed E-state index contributed by atoms with van der Waals surface area (Å²) in [5.74, 6) is -0.808. The van der Waals surface area contributed by atoms with E-state index >= 15 is 0 Å². The van der Waals surface area contributed by atoms with Crippen molar-refractivity contribution < 1.29 is 18.7 Å². The molecule has 5 nitrogen and oxygen atoms in total. The van der Waals surface area contributed by atoms with Crippen molar-refractivity contribution in [3.8, 4) is 0 Å². The minimum Gasteiger partial charge on any atom is -0.464 e. The van der Waals surface area contributed by atoms with E-state index in [4.69, 9.17) is 9.15 Å². The number of anilines is 1. The highest BCUT2D eigenvalue weighted by Gasteiger charge is 2.15. The first-order valence-electron chi connectivity index (χ1n) is 9.40. The fourth-order valence-corrected chi connectivity index (χ4v) is 3.20. The number of fused-ring (bicyclic) bond motifs is 1. The Kier molecular flexibility index (Phi) is 5.83. The summed E-state index contributed by atoms with van der Waals surface area (Å²) >= 11 is 0. The maximum absolute atomic E-state index is 12.2. The molecule has 3 rings (SSSR count). The van der Waals surface area contributed by atoms with Gasteiger partial charge in [0, 0.05) is 16.6 Å². The molecule has 0 unspecified atom stereocenters. The van der Waals surface area contributed by atoms with E-state index in [2.05, 4.69) is 5.32 Å². The number of para-hydroxylation sites is 1. The summed E-state index contributed by atoms with van der Waals surface area (Å²) in [7, 11) is 0. The van der Waals surface area contributed by atoms with E-state index < -0.39 is 5.97 Å². The van der Waals surface area contributed by atoms with Crippen LogP contribution in [0.4, 0.5) is 5.69 Å². The number of carbonyl (C=O) groups excluding carboxylic acids is 2. The number of benzene rings is 2. The standard InChI is InChI=1S/C23H25NO4/c1-5-17-8-6-7-14(2)23(17)24-21(25)13-28-22(26)11-18-12-27-20-10-16(4)15(3)9-19(18)20/h6-10,12H,5,11,13H2,1-4H3,(H,24,25). The monoisotopic (exact) mass is 379 g/mol. The molecule has 0 fully saturated rings. The molecule has 5 heteroatoms. The largest absolute Gasteiger partial charge is 0.464 e. The van der Waals surface area contributed by atoms with Gasteiger partial charge >= 0.3 is 5.97 Å². The summed E-state index contributed by atoms with van der Waals surface area (Å²) in [5, 5.41) is 3.75. The van der Waals surface area contributed by atoms with E-state index in [9.17, 15) is 9.59 Å². The molecular formula is C23H25NO4. The van der Waals surface area contributed by atoms with Crippen LogP contribution in [0, 0.1) is 20.8 Å². The van der Waals surface area contributed by atoms with Gasteiger partial charge in [-0.3, -0.25) is 9.59 Å². The van der Waals surface area contributed by atoms with E-state index in [0.717, 1.165) is 50.9 Å². The fourth-order valence-electron chi connectivity index (χ4n) is 3.20. The molecule has 0 spiro atoms. The first kappa shape index (κ1) is 19.7. The maximum atomic E-state index is 12.2. The van der Waals surface area contributed by atoms with Crippen LogP contribution < -0.4 is 5.32 Å². The number of nitrogens with one attached hydrogen (secondary N) is 1. The maximum Gasteiger partial charge on any atom is 0.310 e. The molecule has 1 heterocycles. The van der Waals surface area contributed by atoms with Crippen molar-refractivity contribution in [3.63, 3.8) is 0 Å². The second-order valence-corrected chi connectivity index (χ2v) is 7.04. The number of carbonyl (C=O) groups is 2. The molecule has 1 N–H and O–H groups in total. The number of amides is 1. The summed E-state index contributed by atoms with van der Waals surface area (Å²) < 4.78 is 10.7. The van der Waals surface area contributed by atoms with Crippen LogP contribution in [-0.4, -0.2) is 18.5 Å². The minimum absolute atomic E-state index is 0.0629. The van der Waals surface area contributed by atoms with E-state index in [-0.39, 0.29) is 18.9 Å². The highest BCUT2D eigenvalue weighted by molar-refractivity contribution is 5.94. The first-order valence-corrected chi connectivity index (χ1v) is 9.40. The summed E-state index contributed by atoms with van der Waals surface area (Å²) in [5.41, 5.74) is 6.59. The van der Waals surface area contributed by atoms with Crippen LogP contribution in [0.5, 0.6) is 0 Å². The van der Waals surface area contributed by atoms with Gasteiger partial charge in [0.15, 0.2) is 6.61 Å². The Balaban J connectivity index is 1.61. The van der Waals surface area contributed by atoms with Crippen LogP contribution in [0.15, 0.2) is 41.0 Å². The minimum atomic E-state index is -0.462. The van der Waals surface area contributed by atoms with Crippen LogP contribution in [0.2, 0.25) is 0 Å². The van der Waals surface area contributed by atoms with Crippen LogP contribution >= 0.6 is 0 Å². The average molecular weight is 379 g/mol. The van der Waals surface area contributed by atoms with Gasteiger partial charge in [-0.15, -0.1) is 0 Å². The van der Waals surface area contributed by atoms with E-state index in [1.807, 2.05) is 58.0 Å². The number of rotatable bonds is 6. The third kappa shape index (κ3) is 4.25. The van der Waals surface area contributed by atoms with Crippen LogP contribution in [-0.2, 0) is 27.2 Å². The van der Waals surface area contributed by atoms with Crippen LogP contribution in [0.3, 0.4) is 0 Å². The topological polar surface area (TPSA) is 68.5 Å². The predicted octanol–water partition coefficient (Wildman–Crippen LogP) is 4.64. The molecule has 0 aliphatic rings. The third-order valence-electron chi connectivity index (χ3n) is 4.97. The zero-order valence-electron chi connectivity index (χ0n) is 16.7. The van der Waals surface area contributed by atoms with Gasteiger partial charge in [-0.2, -0.15) is 0 Å². The van der Waals surface area contributed by atoms with Crippen molar-refractivity contribution in [1.82, 2.24) is 0 Å². The molecule has 0 aliphatic heterocycles. The predicted molar refractivity (Wildman–Crippen MR) is 110 cm³/mol. The van der Waals surface area contributed by atoms with Crippen molar-refractivity contribution in [1.29, 1.82) is 0 Å². The number of ether oxygens (including phenoxy) is 1. The zero-order chi connectivity index (χ0) is 20.3. The van der Waals surface area contributed by atoms with Crippen molar-refractivity contribution in [2.75, 3.05) is 11.9 Å². The van der Waals surface area contributed by atoms with Gasteiger partial charge in [0.1, 0.15) is 5.58 Å². The lowest BCUT2D eigenvalue weighted by Gasteiger charge is -2.13.